The minimum Gasteiger partial charge on any atom is -0.396 e. The third kappa shape index (κ3) is 3.66. The molecule has 0 aromatic rings. The molecular weight excluding hydrogens is 252 g/mol. The lowest BCUT2D eigenvalue weighted by molar-refractivity contribution is 0.177. The molecule has 3 fully saturated rings. The number of amides is 2. The highest BCUT2D eigenvalue weighted by molar-refractivity contribution is 5.74. The number of hydrogen-bond acceptors (Lipinski definition) is 2. The molecule has 3 saturated carbocycles. The number of nitrogens with one attached hydrogen (secondary N) is 2. The molecule has 2 unspecified atom stereocenters. The molecule has 3 aliphatic carbocycles. The highest BCUT2D eigenvalue weighted by Gasteiger charge is 2.42. The molecule has 0 heterocycles. The van der Waals surface area contributed by atoms with Gasteiger partial charge in [0.1, 0.15) is 0 Å². The standard InChI is InChI=1S/C16H28N2O2/c19-10-13-4-2-1-3-5-14(13)17-16(20)18-15(11-6-7-11)12-8-9-12/h11-15,19H,1-10H2,(H2,17,18,20). The van der Waals surface area contributed by atoms with E-state index in [1.54, 1.807) is 0 Å². The van der Waals surface area contributed by atoms with Crippen molar-refractivity contribution in [2.24, 2.45) is 17.8 Å². The lowest BCUT2D eigenvalue weighted by Gasteiger charge is -2.26. The Kier molecular flexibility index (Phi) is 4.49. The van der Waals surface area contributed by atoms with Crippen LogP contribution in [0, 0.1) is 17.8 Å². The number of hydrogen-bond donors (Lipinski definition) is 3. The van der Waals surface area contributed by atoms with Crippen LogP contribution in [0.4, 0.5) is 4.79 Å². The lowest BCUT2D eigenvalue weighted by atomic mass is 9.96. The van der Waals surface area contributed by atoms with Gasteiger partial charge in [-0.05, 0) is 50.4 Å². The van der Waals surface area contributed by atoms with E-state index in [9.17, 15) is 9.90 Å². The van der Waals surface area contributed by atoms with Crippen LogP contribution in [-0.2, 0) is 0 Å². The Bertz CT molecular complexity index is 327. The minimum atomic E-state index is -0.000787. The minimum absolute atomic E-state index is 0.000787. The Hall–Kier alpha value is -0.770. The molecule has 0 bridgehead atoms. The molecule has 0 saturated heterocycles. The average molecular weight is 280 g/mol. The molecule has 0 aromatic heterocycles. The van der Waals surface area contributed by atoms with Gasteiger partial charge in [-0.3, -0.25) is 0 Å². The molecule has 0 radical (unpaired) electrons. The van der Waals surface area contributed by atoms with E-state index in [0.29, 0.717) is 6.04 Å². The summed E-state index contributed by atoms with van der Waals surface area (Å²) in [5.74, 6) is 1.70. The monoisotopic (exact) mass is 280 g/mol. The van der Waals surface area contributed by atoms with Gasteiger partial charge in [-0.1, -0.05) is 19.3 Å². The molecule has 4 nitrogen and oxygen atoms in total. The Morgan fingerprint density at radius 1 is 1.00 bits per heavy atom. The van der Waals surface area contributed by atoms with Gasteiger partial charge in [-0.25, -0.2) is 4.79 Å². The Balaban J connectivity index is 1.51. The molecule has 20 heavy (non-hydrogen) atoms. The van der Waals surface area contributed by atoms with Crippen molar-refractivity contribution in [3.05, 3.63) is 0 Å². The van der Waals surface area contributed by atoms with Crippen LogP contribution in [0.1, 0.15) is 57.8 Å². The second-order valence-corrected chi connectivity index (χ2v) is 7.01. The maximum absolute atomic E-state index is 12.3. The molecule has 0 aliphatic heterocycles. The molecule has 114 valence electrons. The van der Waals surface area contributed by atoms with Crippen LogP contribution in [0.25, 0.3) is 0 Å². The summed E-state index contributed by atoms with van der Waals surface area (Å²) in [7, 11) is 0. The predicted molar refractivity (Wildman–Crippen MR) is 78.4 cm³/mol. The van der Waals surface area contributed by atoms with Gasteiger partial charge >= 0.3 is 6.03 Å². The van der Waals surface area contributed by atoms with E-state index in [4.69, 9.17) is 0 Å². The van der Waals surface area contributed by atoms with Gasteiger partial charge in [0.15, 0.2) is 0 Å². The van der Waals surface area contributed by atoms with E-state index in [1.807, 2.05) is 0 Å². The molecule has 2 atom stereocenters. The molecule has 3 aliphatic rings. The van der Waals surface area contributed by atoms with Crippen LogP contribution < -0.4 is 10.6 Å². The van der Waals surface area contributed by atoms with Crippen LogP contribution in [-0.4, -0.2) is 29.8 Å². The summed E-state index contributed by atoms with van der Waals surface area (Å²) in [6.45, 7) is 0.194. The number of aliphatic hydroxyl groups is 1. The van der Waals surface area contributed by atoms with Crippen molar-refractivity contribution in [1.82, 2.24) is 10.6 Å². The number of carbonyl (C=O) groups is 1. The third-order valence-corrected chi connectivity index (χ3v) is 5.27. The molecule has 2 amide bonds. The van der Waals surface area contributed by atoms with Gasteiger partial charge in [0, 0.05) is 24.6 Å². The number of rotatable bonds is 5. The zero-order valence-electron chi connectivity index (χ0n) is 12.3. The Morgan fingerprint density at radius 2 is 1.65 bits per heavy atom. The lowest BCUT2D eigenvalue weighted by Crippen LogP contribution is -2.50. The average Bonchev–Trinajstić information content (AvgIpc) is 3.32. The summed E-state index contributed by atoms with van der Waals surface area (Å²) in [5.41, 5.74) is 0. The van der Waals surface area contributed by atoms with E-state index in [2.05, 4.69) is 10.6 Å². The van der Waals surface area contributed by atoms with Crippen LogP contribution in [0.3, 0.4) is 0 Å². The van der Waals surface area contributed by atoms with Gasteiger partial charge in [0.25, 0.3) is 0 Å². The van der Waals surface area contributed by atoms with Crippen LogP contribution in [0.15, 0.2) is 0 Å². The van der Waals surface area contributed by atoms with Crippen molar-refractivity contribution in [1.29, 1.82) is 0 Å². The summed E-state index contributed by atoms with van der Waals surface area (Å²) >= 11 is 0. The van der Waals surface area contributed by atoms with Crippen molar-refractivity contribution in [3.8, 4) is 0 Å². The molecule has 0 aromatic carbocycles. The van der Waals surface area contributed by atoms with Crippen LogP contribution >= 0.6 is 0 Å². The van der Waals surface area contributed by atoms with Crippen molar-refractivity contribution >= 4 is 6.03 Å². The van der Waals surface area contributed by atoms with Crippen molar-refractivity contribution in [3.63, 3.8) is 0 Å². The van der Waals surface area contributed by atoms with Crippen LogP contribution in [0.5, 0.6) is 0 Å². The normalized spacial score (nSPS) is 30.9. The SMILES string of the molecule is O=C(NC1CCCCCC1CO)NC(C1CC1)C1CC1. The maximum Gasteiger partial charge on any atom is 0.315 e. The first-order chi connectivity index (χ1) is 9.78. The maximum atomic E-state index is 12.3. The first kappa shape index (κ1) is 14.2. The van der Waals surface area contributed by atoms with Gasteiger partial charge in [0.05, 0.1) is 0 Å². The fourth-order valence-corrected chi connectivity index (χ4v) is 3.69. The summed E-state index contributed by atoms with van der Waals surface area (Å²) in [4.78, 5) is 12.3. The number of urea groups is 1. The van der Waals surface area contributed by atoms with Crippen molar-refractivity contribution in [2.75, 3.05) is 6.61 Å². The summed E-state index contributed by atoms with van der Waals surface area (Å²) in [6, 6.07) is 0.564. The number of aliphatic hydroxyl groups excluding tert-OH is 1. The van der Waals surface area contributed by atoms with Crippen LogP contribution in [0.2, 0.25) is 0 Å². The topological polar surface area (TPSA) is 61.4 Å². The van der Waals surface area contributed by atoms with Gasteiger partial charge < -0.3 is 15.7 Å². The molecule has 3 N–H and O–H groups in total. The Morgan fingerprint density at radius 3 is 2.25 bits per heavy atom. The van der Waals surface area contributed by atoms with E-state index < -0.39 is 0 Å². The molecule has 0 spiro atoms. The fraction of sp³-hybridized carbons (Fsp3) is 0.938. The Labute approximate surface area is 121 Å². The second kappa shape index (κ2) is 6.33. The van der Waals surface area contributed by atoms with E-state index >= 15 is 0 Å². The second-order valence-electron chi connectivity index (χ2n) is 7.01. The van der Waals surface area contributed by atoms with Gasteiger partial charge in [0.2, 0.25) is 0 Å². The summed E-state index contributed by atoms with van der Waals surface area (Å²) in [6.07, 6.45) is 10.7. The number of carbonyl (C=O) groups excluding carboxylic acids is 1. The first-order valence-electron chi connectivity index (χ1n) is 8.46. The summed E-state index contributed by atoms with van der Waals surface area (Å²) < 4.78 is 0. The van der Waals surface area contributed by atoms with Gasteiger partial charge in [-0.15, -0.1) is 0 Å². The highest BCUT2D eigenvalue weighted by Crippen LogP contribution is 2.44. The highest BCUT2D eigenvalue weighted by atomic mass is 16.3. The smallest absolute Gasteiger partial charge is 0.315 e. The quantitative estimate of drug-likeness (QED) is 0.677. The zero-order valence-corrected chi connectivity index (χ0v) is 12.3. The third-order valence-electron chi connectivity index (χ3n) is 5.27. The van der Waals surface area contributed by atoms with E-state index in [1.165, 1.54) is 38.5 Å². The summed E-state index contributed by atoms with van der Waals surface area (Å²) in [5, 5.41) is 15.9. The van der Waals surface area contributed by atoms with E-state index in [0.717, 1.165) is 31.1 Å². The van der Waals surface area contributed by atoms with E-state index in [-0.39, 0.29) is 24.6 Å². The largest absolute Gasteiger partial charge is 0.396 e. The molecule has 4 heteroatoms. The van der Waals surface area contributed by atoms with Gasteiger partial charge in [-0.2, -0.15) is 0 Å². The van der Waals surface area contributed by atoms with Crippen molar-refractivity contribution in [2.45, 2.75) is 69.9 Å². The zero-order chi connectivity index (χ0) is 13.9. The first-order valence-corrected chi connectivity index (χ1v) is 8.46. The molecular formula is C16H28N2O2. The fourth-order valence-electron chi connectivity index (χ4n) is 3.69. The molecule has 3 rings (SSSR count). The predicted octanol–water partition coefficient (Wildman–Crippen LogP) is 2.42. The van der Waals surface area contributed by atoms with Crippen molar-refractivity contribution < 1.29 is 9.90 Å².